The van der Waals surface area contributed by atoms with Gasteiger partial charge in [0.15, 0.2) is 6.29 Å². The molecule has 3 nitrogen and oxygen atoms in total. The largest absolute Gasteiger partial charge is 0.353 e. The second kappa shape index (κ2) is 8.40. The summed E-state index contributed by atoms with van der Waals surface area (Å²) in [5, 5.41) is 0. The van der Waals surface area contributed by atoms with Crippen LogP contribution in [0.5, 0.6) is 0 Å². The Kier molecular flexibility index (Phi) is 6.51. The van der Waals surface area contributed by atoms with E-state index in [4.69, 9.17) is 9.47 Å². The predicted molar refractivity (Wildman–Crippen MR) is 81.7 cm³/mol. The highest BCUT2D eigenvalue weighted by molar-refractivity contribution is 5.27. The van der Waals surface area contributed by atoms with Crippen LogP contribution in [0.15, 0.2) is 24.3 Å². The summed E-state index contributed by atoms with van der Waals surface area (Å²) < 4.78 is 11.3. The average Bonchev–Trinajstić information content (AvgIpc) is 2.67. The fourth-order valence-electron chi connectivity index (χ4n) is 2.83. The maximum Gasteiger partial charge on any atom is 0.158 e. The van der Waals surface area contributed by atoms with Crippen molar-refractivity contribution >= 4 is 0 Å². The number of hydrogen-bond donors (Lipinski definition) is 0. The van der Waals surface area contributed by atoms with E-state index in [9.17, 15) is 0 Å². The van der Waals surface area contributed by atoms with Gasteiger partial charge >= 0.3 is 0 Å². The third-order valence-corrected chi connectivity index (χ3v) is 3.82. The van der Waals surface area contributed by atoms with E-state index in [-0.39, 0.29) is 6.29 Å². The lowest BCUT2D eigenvalue weighted by Crippen LogP contribution is -2.29. The van der Waals surface area contributed by atoms with Gasteiger partial charge in [0, 0.05) is 32.7 Å². The van der Waals surface area contributed by atoms with E-state index in [1.54, 1.807) is 0 Å². The Morgan fingerprint density at radius 1 is 1.10 bits per heavy atom. The highest BCUT2D eigenvalue weighted by atomic mass is 16.7. The summed E-state index contributed by atoms with van der Waals surface area (Å²) in [6.45, 7) is 8.74. The number of ether oxygens (including phenoxy) is 2. The van der Waals surface area contributed by atoms with Gasteiger partial charge in [-0.05, 0) is 44.4 Å². The molecule has 1 heterocycles. The zero-order valence-corrected chi connectivity index (χ0v) is 12.8. The standard InChI is InChI=1S/C17H27NO2/c1-3-19-17(20-4-2)11-13-18-12-7-10-15-8-5-6-9-16(15)14-18/h5-6,8-9,17H,3-4,7,10-14H2,1-2H3. The molecule has 0 fully saturated rings. The summed E-state index contributed by atoms with van der Waals surface area (Å²) in [7, 11) is 0. The van der Waals surface area contributed by atoms with Crippen LogP contribution in [0.25, 0.3) is 0 Å². The molecule has 3 heteroatoms. The molecule has 112 valence electrons. The second-order valence-electron chi connectivity index (χ2n) is 5.28. The maximum absolute atomic E-state index is 5.63. The summed E-state index contributed by atoms with van der Waals surface area (Å²) in [4.78, 5) is 2.52. The molecule has 0 radical (unpaired) electrons. The molecule has 0 unspecified atom stereocenters. The first-order valence-corrected chi connectivity index (χ1v) is 7.85. The summed E-state index contributed by atoms with van der Waals surface area (Å²) in [6, 6.07) is 8.82. The van der Waals surface area contributed by atoms with Crippen LogP contribution < -0.4 is 0 Å². The molecule has 1 aromatic carbocycles. The third-order valence-electron chi connectivity index (χ3n) is 3.82. The fourth-order valence-corrected chi connectivity index (χ4v) is 2.83. The normalized spacial score (nSPS) is 16.1. The smallest absolute Gasteiger partial charge is 0.158 e. The molecule has 1 aliphatic rings. The number of aryl methyl sites for hydroxylation is 1. The van der Waals surface area contributed by atoms with Crippen molar-refractivity contribution in [2.45, 2.75) is 45.9 Å². The van der Waals surface area contributed by atoms with Gasteiger partial charge in [0.05, 0.1) is 0 Å². The van der Waals surface area contributed by atoms with Crippen LogP contribution >= 0.6 is 0 Å². The molecular weight excluding hydrogens is 250 g/mol. The Labute approximate surface area is 122 Å². The van der Waals surface area contributed by atoms with Crippen LogP contribution in [0.1, 0.15) is 37.8 Å². The Morgan fingerprint density at radius 3 is 2.50 bits per heavy atom. The van der Waals surface area contributed by atoms with Crippen molar-refractivity contribution in [1.82, 2.24) is 4.90 Å². The third kappa shape index (κ3) is 4.58. The summed E-state index contributed by atoms with van der Waals surface area (Å²) >= 11 is 0. The Balaban J connectivity index is 1.87. The highest BCUT2D eigenvalue weighted by Gasteiger charge is 2.16. The van der Waals surface area contributed by atoms with Crippen LogP contribution in [-0.2, 0) is 22.4 Å². The van der Waals surface area contributed by atoms with E-state index < -0.39 is 0 Å². The van der Waals surface area contributed by atoms with Crippen molar-refractivity contribution in [2.24, 2.45) is 0 Å². The zero-order valence-electron chi connectivity index (χ0n) is 12.8. The molecule has 0 saturated carbocycles. The van der Waals surface area contributed by atoms with Crippen LogP contribution in [-0.4, -0.2) is 37.5 Å². The number of rotatable bonds is 7. The fraction of sp³-hybridized carbons (Fsp3) is 0.647. The minimum atomic E-state index is -0.0523. The van der Waals surface area contributed by atoms with Crippen LogP contribution in [0.3, 0.4) is 0 Å². The van der Waals surface area contributed by atoms with E-state index in [1.807, 2.05) is 13.8 Å². The Hall–Kier alpha value is -0.900. The first-order chi connectivity index (χ1) is 9.83. The van der Waals surface area contributed by atoms with Gasteiger partial charge in [-0.2, -0.15) is 0 Å². The molecule has 0 aromatic heterocycles. The minimum Gasteiger partial charge on any atom is -0.353 e. The lowest BCUT2D eigenvalue weighted by Gasteiger charge is -2.24. The van der Waals surface area contributed by atoms with Gasteiger partial charge < -0.3 is 9.47 Å². The SMILES string of the molecule is CCOC(CCN1CCCc2ccccc2C1)OCC. The average molecular weight is 277 g/mol. The molecule has 0 amide bonds. The van der Waals surface area contributed by atoms with Crippen molar-refractivity contribution in [3.8, 4) is 0 Å². The van der Waals surface area contributed by atoms with Gasteiger partial charge in [-0.3, -0.25) is 4.90 Å². The van der Waals surface area contributed by atoms with Gasteiger partial charge in [0.2, 0.25) is 0 Å². The number of hydrogen-bond acceptors (Lipinski definition) is 3. The molecule has 1 aliphatic heterocycles. The van der Waals surface area contributed by atoms with Gasteiger partial charge in [0.25, 0.3) is 0 Å². The molecule has 0 saturated heterocycles. The van der Waals surface area contributed by atoms with Crippen molar-refractivity contribution in [1.29, 1.82) is 0 Å². The van der Waals surface area contributed by atoms with Gasteiger partial charge in [-0.25, -0.2) is 0 Å². The molecule has 1 aromatic rings. The van der Waals surface area contributed by atoms with Crippen LogP contribution in [0, 0.1) is 0 Å². The summed E-state index contributed by atoms with van der Waals surface area (Å²) in [6.07, 6.45) is 3.34. The Morgan fingerprint density at radius 2 is 1.80 bits per heavy atom. The summed E-state index contributed by atoms with van der Waals surface area (Å²) in [5.74, 6) is 0. The first kappa shape index (κ1) is 15.5. The molecular formula is C17H27NO2. The molecule has 0 atom stereocenters. The van der Waals surface area contributed by atoms with Gasteiger partial charge in [-0.15, -0.1) is 0 Å². The van der Waals surface area contributed by atoms with Crippen LogP contribution in [0.4, 0.5) is 0 Å². The lowest BCUT2D eigenvalue weighted by atomic mass is 10.0. The zero-order chi connectivity index (χ0) is 14.2. The second-order valence-corrected chi connectivity index (χ2v) is 5.28. The molecule has 2 rings (SSSR count). The van der Waals surface area contributed by atoms with E-state index in [0.29, 0.717) is 13.2 Å². The maximum atomic E-state index is 5.63. The van der Waals surface area contributed by atoms with Crippen molar-refractivity contribution < 1.29 is 9.47 Å². The molecule has 0 aliphatic carbocycles. The molecule has 0 bridgehead atoms. The van der Waals surface area contributed by atoms with Crippen molar-refractivity contribution in [3.63, 3.8) is 0 Å². The van der Waals surface area contributed by atoms with Gasteiger partial charge in [-0.1, -0.05) is 24.3 Å². The lowest BCUT2D eigenvalue weighted by molar-refractivity contribution is -0.141. The number of fused-ring (bicyclic) bond motifs is 1. The first-order valence-electron chi connectivity index (χ1n) is 7.85. The molecule has 0 spiro atoms. The quantitative estimate of drug-likeness (QED) is 0.714. The van der Waals surface area contributed by atoms with Gasteiger partial charge in [0.1, 0.15) is 0 Å². The van der Waals surface area contributed by atoms with E-state index in [0.717, 1.165) is 19.5 Å². The van der Waals surface area contributed by atoms with E-state index in [1.165, 1.54) is 30.5 Å². The molecule has 0 N–H and O–H groups in total. The number of nitrogens with zero attached hydrogens (tertiary/aromatic N) is 1. The van der Waals surface area contributed by atoms with Crippen molar-refractivity contribution in [2.75, 3.05) is 26.3 Å². The van der Waals surface area contributed by atoms with Crippen molar-refractivity contribution in [3.05, 3.63) is 35.4 Å². The van der Waals surface area contributed by atoms with E-state index in [2.05, 4.69) is 29.2 Å². The topological polar surface area (TPSA) is 21.7 Å². The van der Waals surface area contributed by atoms with E-state index >= 15 is 0 Å². The Bertz CT molecular complexity index is 388. The predicted octanol–water partition coefficient (Wildman–Crippen LogP) is 3.22. The minimum absolute atomic E-state index is 0.0523. The number of benzene rings is 1. The van der Waals surface area contributed by atoms with Crippen LogP contribution in [0.2, 0.25) is 0 Å². The molecule has 20 heavy (non-hydrogen) atoms. The highest BCUT2D eigenvalue weighted by Crippen LogP contribution is 2.19. The monoisotopic (exact) mass is 277 g/mol. The summed E-state index contributed by atoms with van der Waals surface area (Å²) in [5.41, 5.74) is 3.00.